The minimum atomic E-state index is -0.994. The number of methoxy groups -OCH3 is 2. The first-order chi connectivity index (χ1) is 8.91. The molecule has 0 bridgehead atoms. The van der Waals surface area contributed by atoms with Gasteiger partial charge < -0.3 is 24.4 Å². The Labute approximate surface area is 115 Å². The summed E-state index contributed by atoms with van der Waals surface area (Å²) in [6.07, 6.45) is -0.381. The van der Waals surface area contributed by atoms with E-state index in [1.807, 2.05) is 20.8 Å². The molecule has 6 heteroatoms. The van der Waals surface area contributed by atoms with Gasteiger partial charge in [-0.05, 0) is 20.8 Å². The third-order valence-electron chi connectivity index (χ3n) is 3.80. The molecule has 0 aromatic rings. The molecule has 0 saturated carbocycles. The number of β-amino-alcohol motifs (C(OH)–C–C–N with tert-alkyl or cyclic N) is 1. The first-order valence-corrected chi connectivity index (χ1v) is 6.75. The number of carbonyl (C=O) groups is 1. The second kappa shape index (κ2) is 6.54. The predicted octanol–water partition coefficient (Wildman–Crippen LogP) is 0.892. The lowest BCUT2D eigenvalue weighted by atomic mass is 10.0. The molecule has 2 amide bonds. The van der Waals surface area contributed by atoms with Crippen molar-refractivity contribution in [3.8, 4) is 0 Å². The molecule has 0 aliphatic carbocycles. The van der Waals surface area contributed by atoms with Crippen molar-refractivity contribution in [2.45, 2.75) is 45.1 Å². The van der Waals surface area contributed by atoms with Crippen LogP contribution in [0.2, 0.25) is 0 Å². The monoisotopic (exact) mass is 274 g/mol. The van der Waals surface area contributed by atoms with Crippen LogP contribution in [0.4, 0.5) is 4.79 Å². The number of hydrogen-bond donors (Lipinski definition) is 1. The van der Waals surface area contributed by atoms with E-state index in [1.54, 1.807) is 9.80 Å². The maximum atomic E-state index is 12.4. The van der Waals surface area contributed by atoms with Gasteiger partial charge in [0.1, 0.15) is 6.10 Å². The second-order valence-electron chi connectivity index (χ2n) is 5.09. The zero-order valence-electron chi connectivity index (χ0n) is 12.5. The standard InChI is InChI=1S/C13H26N2O4/c1-6-15(10(2)3)12(17)14-8-7-13(18-4,19-5)11(16)9-14/h10-11,16H,6-9H2,1-5H3. The summed E-state index contributed by atoms with van der Waals surface area (Å²) in [7, 11) is 3.02. The normalized spacial score (nSPS) is 22.7. The van der Waals surface area contributed by atoms with Crippen LogP contribution in [0.25, 0.3) is 0 Å². The fraction of sp³-hybridized carbons (Fsp3) is 0.923. The molecule has 0 aromatic carbocycles. The van der Waals surface area contributed by atoms with Crippen LogP contribution in [0, 0.1) is 0 Å². The van der Waals surface area contributed by atoms with E-state index in [2.05, 4.69) is 0 Å². The van der Waals surface area contributed by atoms with Crippen LogP contribution >= 0.6 is 0 Å². The Morgan fingerprint density at radius 3 is 2.42 bits per heavy atom. The van der Waals surface area contributed by atoms with Crippen LogP contribution in [0.5, 0.6) is 0 Å². The molecule has 1 rings (SSSR count). The maximum absolute atomic E-state index is 12.4. The molecule has 1 aliphatic rings. The Balaban J connectivity index is 2.73. The SMILES string of the molecule is CCN(C(=O)N1CCC(OC)(OC)C(O)C1)C(C)C. The summed E-state index contributed by atoms with van der Waals surface area (Å²) >= 11 is 0. The van der Waals surface area contributed by atoms with Gasteiger partial charge in [0.15, 0.2) is 5.79 Å². The molecule has 0 aromatic heterocycles. The van der Waals surface area contributed by atoms with Crippen LogP contribution < -0.4 is 0 Å². The van der Waals surface area contributed by atoms with Crippen LogP contribution in [-0.2, 0) is 9.47 Å². The molecule has 1 heterocycles. The molecule has 1 atom stereocenters. The molecule has 19 heavy (non-hydrogen) atoms. The molecule has 1 unspecified atom stereocenters. The molecule has 1 saturated heterocycles. The molecular weight excluding hydrogens is 248 g/mol. The lowest BCUT2D eigenvalue weighted by molar-refractivity contribution is -0.275. The first-order valence-electron chi connectivity index (χ1n) is 6.75. The average Bonchev–Trinajstić information content (AvgIpc) is 2.39. The highest BCUT2D eigenvalue weighted by Gasteiger charge is 2.44. The number of nitrogens with zero attached hydrogens (tertiary/aromatic N) is 2. The fourth-order valence-corrected chi connectivity index (χ4v) is 2.53. The minimum absolute atomic E-state index is 0.0441. The van der Waals surface area contributed by atoms with Crippen LogP contribution in [0.1, 0.15) is 27.2 Å². The van der Waals surface area contributed by atoms with Gasteiger partial charge in [0, 0.05) is 39.8 Å². The number of amides is 2. The molecular formula is C13H26N2O4. The van der Waals surface area contributed by atoms with Crippen molar-refractivity contribution in [2.24, 2.45) is 0 Å². The number of carbonyl (C=O) groups excluding carboxylic acids is 1. The molecule has 0 radical (unpaired) electrons. The van der Waals surface area contributed by atoms with Crippen molar-refractivity contribution in [1.29, 1.82) is 0 Å². The van der Waals surface area contributed by atoms with E-state index in [9.17, 15) is 9.90 Å². The zero-order valence-corrected chi connectivity index (χ0v) is 12.5. The quantitative estimate of drug-likeness (QED) is 0.774. The van der Waals surface area contributed by atoms with Gasteiger partial charge in [0.05, 0.1) is 6.54 Å². The van der Waals surface area contributed by atoms with E-state index in [4.69, 9.17) is 9.47 Å². The molecule has 1 aliphatic heterocycles. The van der Waals surface area contributed by atoms with E-state index >= 15 is 0 Å². The van der Waals surface area contributed by atoms with E-state index in [0.29, 0.717) is 19.5 Å². The minimum Gasteiger partial charge on any atom is -0.386 e. The van der Waals surface area contributed by atoms with E-state index in [1.165, 1.54) is 14.2 Å². The topological polar surface area (TPSA) is 62.2 Å². The summed E-state index contributed by atoms with van der Waals surface area (Å²) < 4.78 is 10.6. The van der Waals surface area contributed by atoms with Crippen molar-refractivity contribution in [1.82, 2.24) is 9.80 Å². The van der Waals surface area contributed by atoms with Gasteiger partial charge in [0.25, 0.3) is 0 Å². The largest absolute Gasteiger partial charge is 0.386 e. The highest BCUT2D eigenvalue weighted by molar-refractivity contribution is 5.75. The zero-order chi connectivity index (χ0) is 14.6. The van der Waals surface area contributed by atoms with Crippen molar-refractivity contribution in [3.63, 3.8) is 0 Å². The first kappa shape index (κ1) is 16.2. The van der Waals surface area contributed by atoms with Crippen molar-refractivity contribution in [2.75, 3.05) is 33.9 Å². The Morgan fingerprint density at radius 1 is 1.47 bits per heavy atom. The average molecular weight is 274 g/mol. The van der Waals surface area contributed by atoms with Crippen LogP contribution in [0.15, 0.2) is 0 Å². The molecule has 1 N–H and O–H groups in total. The summed E-state index contributed by atoms with van der Waals surface area (Å²) in [4.78, 5) is 15.8. The third kappa shape index (κ3) is 3.19. The van der Waals surface area contributed by atoms with Gasteiger partial charge in [-0.15, -0.1) is 0 Å². The lowest BCUT2D eigenvalue weighted by Gasteiger charge is -2.44. The number of piperidine rings is 1. The number of likely N-dealkylation sites (tertiary alicyclic amines) is 1. The fourth-order valence-electron chi connectivity index (χ4n) is 2.53. The Kier molecular flexibility index (Phi) is 5.58. The van der Waals surface area contributed by atoms with Gasteiger partial charge in [-0.2, -0.15) is 0 Å². The number of urea groups is 1. The van der Waals surface area contributed by atoms with E-state index < -0.39 is 11.9 Å². The summed E-state index contributed by atoms with van der Waals surface area (Å²) in [6, 6.07) is 0.100. The van der Waals surface area contributed by atoms with Gasteiger partial charge in [-0.3, -0.25) is 0 Å². The number of ether oxygens (including phenoxy) is 2. The number of aliphatic hydroxyl groups excluding tert-OH is 1. The Hall–Kier alpha value is -0.850. The van der Waals surface area contributed by atoms with Gasteiger partial charge >= 0.3 is 6.03 Å². The summed E-state index contributed by atoms with van der Waals surface area (Å²) in [6.45, 7) is 7.31. The number of hydrogen-bond acceptors (Lipinski definition) is 4. The highest BCUT2D eigenvalue weighted by Crippen LogP contribution is 2.27. The van der Waals surface area contributed by atoms with Crippen molar-refractivity contribution >= 4 is 6.03 Å². The predicted molar refractivity (Wildman–Crippen MR) is 71.9 cm³/mol. The summed E-state index contributed by atoms with van der Waals surface area (Å²) in [5.74, 6) is -0.994. The number of aliphatic hydroxyl groups is 1. The molecule has 6 nitrogen and oxygen atoms in total. The van der Waals surface area contributed by atoms with Gasteiger partial charge in [-0.25, -0.2) is 4.79 Å². The summed E-state index contributed by atoms with van der Waals surface area (Å²) in [5, 5.41) is 10.2. The molecule has 112 valence electrons. The third-order valence-corrected chi connectivity index (χ3v) is 3.80. The van der Waals surface area contributed by atoms with Crippen LogP contribution in [0.3, 0.4) is 0 Å². The highest BCUT2D eigenvalue weighted by atomic mass is 16.7. The van der Waals surface area contributed by atoms with Gasteiger partial charge in [0.2, 0.25) is 0 Å². The molecule has 0 spiro atoms. The number of rotatable bonds is 4. The second-order valence-corrected chi connectivity index (χ2v) is 5.09. The van der Waals surface area contributed by atoms with E-state index in [0.717, 1.165) is 0 Å². The van der Waals surface area contributed by atoms with E-state index in [-0.39, 0.29) is 18.6 Å². The lowest BCUT2D eigenvalue weighted by Crippen LogP contribution is -2.60. The summed E-state index contributed by atoms with van der Waals surface area (Å²) in [5.41, 5.74) is 0. The van der Waals surface area contributed by atoms with Crippen molar-refractivity contribution < 1.29 is 19.4 Å². The maximum Gasteiger partial charge on any atom is 0.320 e. The molecule has 1 fully saturated rings. The Bertz CT molecular complexity index is 305. The van der Waals surface area contributed by atoms with Gasteiger partial charge in [-0.1, -0.05) is 0 Å². The Morgan fingerprint density at radius 2 is 2.05 bits per heavy atom. The van der Waals surface area contributed by atoms with Crippen LogP contribution in [-0.4, -0.2) is 72.7 Å². The van der Waals surface area contributed by atoms with Crippen molar-refractivity contribution in [3.05, 3.63) is 0 Å². The smallest absolute Gasteiger partial charge is 0.320 e.